The lowest BCUT2D eigenvalue weighted by atomic mass is 9.91. The molecule has 1 saturated carbocycles. The highest BCUT2D eigenvalue weighted by atomic mass is 32.2. The molecule has 0 aromatic heterocycles. The van der Waals surface area contributed by atoms with Crippen molar-refractivity contribution in [3.05, 3.63) is 30.1 Å². The summed E-state index contributed by atoms with van der Waals surface area (Å²) in [5.74, 6) is 0.477. The van der Waals surface area contributed by atoms with Crippen molar-refractivity contribution in [3.8, 4) is 0 Å². The highest BCUT2D eigenvalue weighted by molar-refractivity contribution is 7.99. The van der Waals surface area contributed by atoms with Gasteiger partial charge in [-0.1, -0.05) is 12.1 Å². The van der Waals surface area contributed by atoms with Gasteiger partial charge >= 0.3 is 0 Å². The molecule has 116 valence electrons. The fourth-order valence-corrected chi connectivity index (χ4v) is 3.28. The molecule has 21 heavy (non-hydrogen) atoms. The van der Waals surface area contributed by atoms with Gasteiger partial charge in [-0.25, -0.2) is 4.39 Å². The Balaban J connectivity index is 1.80. The highest BCUT2D eigenvalue weighted by Crippen LogP contribution is 2.27. The number of aliphatic hydroxyl groups excluding tert-OH is 1. The molecule has 0 unspecified atom stereocenters. The molecule has 1 aromatic rings. The van der Waals surface area contributed by atoms with E-state index in [1.807, 2.05) is 4.90 Å². The molecule has 0 spiro atoms. The molecule has 0 atom stereocenters. The summed E-state index contributed by atoms with van der Waals surface area (Å²) >= 11 is 1.38. The van der Waals surface area contributed by atoms with Crippen molar-refractivity contribution in [1.82, 2.24) is 4.90 Å². The third-order valence-electron chi connectivity index (χ3n) is 3.80. The van der Waals surface area contributed by atoms with Crippen molar-refractivity contribution in [2.75, 3.05) is 18.9 Å². The van der Waals surface area contributed by atoms with Crippen molar-refractivity contribution in [3.63, 3.8) is 0 Å². The number of aliphatic hydroxyl groups is 1. The Kier molecular flexibility index (Phi) is 6.51. The average Bonchev–Trinajstić information content (AvgIpc) is 2.43. The lowest BCUT2D eigenvalue weighted by molar-refractivity contribution is -0.135. The van der Waals surface area contributed by atoms with E-state index in [-0.39, 0.29) is 18.3 Å². The van der Waals surface area contributed by atoms with Gasteiger partial charge in [0.05, 0.1) is 0 Å². The van der Waals surface area contributed by atoms with Crippen LogP contribution in [-0.2, 0) is 4.79 Å². The second-order valence-electron chi connectivity index (χ2n) is 5.28. The average molecular weight is 311 g/mol. The van der Waals surface area contributed by atoms with Gasteiger partial charge in [-0.05, 0) is 37.8 Å². The minimum atomic E-state index is -0.230. The summed E-state index contributed by atoms with van der Waals surface area (Å²) in [6.45, 7) is 0.741. The van der Waals surface area contributed by atoms with E-state index in [1.54, 1.807) is 18.2 Å². The number of carbonyl (C=O) groups excluding carboxylic acids is 1. The summed E-state index contributed by atoms with van der Waals surface area (Å²) in [7, 11) is 0. The molecule has 1 aliphatic rings. The molecule has 1 fully saturated rings. The molecule has 1 N–H and O–H groups in total. The van der Waals surface area contributed by atoms with E-state index in [2.05, 4.69) is 0 Å². The van der Waals surface area contributed by atoms with Crippen LogP contribution in [-0.4, -0.2) is 40.9 Å². The molecule has 1 aromatic carbocycles. The molecule has 0 radical (unpaired) electrons. The van der Waals surface area contributed by atoms with Gasteiger partial charge in [-0.2, -0.15) is 0 Å². The molecule has 0 bridgehead atoms. The Morgan fingerprint density at radius 1 is 1.38 bits per heavy atom. The van der Waals surface area contributed by atoms with E-state index in [0.29, 0.717) is 36.1 Å². The normalized spacial score (nSPS) is 14.8. The summed E-state index contributed by atoms with van der Waals surface area (Å²) in [5.41, 5.74) is 0. The van der Waals surface area contributed by atoms with Gasteiger partial charge in [0.1, 0.15) is 5.82 Å². The molecule has 5 heteroatoms. The SMILES string of the molecule is O=C(CCSc1ccccc1F)N(CCCO)C1CCC1. The van der Waals surface area contributed by atoms with Crippen LogP contribution in [0.5, 0.6) is 0 Å². The van der Waals surface area contributed by atoms with Crippen molar-refractivity contribution in [1.29, 1.82) is 0 Å². The van der Waals surface area contributed by atoms with Crippen LogP contribution in [0.2, 0.25) is 0 Å². The van der Waals surface area contributed by atoms with Gasteiger partial charge in [0.15, 0.2) is 0 Å². The van der Waals surface area contributed by atoms with Crippen LogP contribution in [0.4, 0.5) is 4.39 Å². The largest absolute Gasteiger partial charge is 0.396 e. The molecule has 0 saturated heterocycles. The van der Waals surface area contributed by atoms with E-state index >= 15 is 0 Å². The minimum absolute atomic E-state index is 0.112. The maximum atomic E-state index is 13.5. The van der Waals surface area contributed by atoms with Crippen molar-refractivity contribution in [2.45, 2.75) is 43.0 Å². The lowest BCUT2D eigenvalue weighted by Gasteiger charge is -2.37. The number of thioether (sulfide) groups is 1. The van der Waals surface area contributed by atoms with Crippen molar-refractivity contribution >= 4 is 17.7 Å². The van der Waals surface area contributed by atoms with Crippen LogP contribution in [0.1, 0.15) is 32.1 Å². The zero-order valence-electron chi connectivity index (χ0n) is 12.1. The fraction of sp³-hybridized carbons (Fsp3) is 0.562. The zero-order chi connectivity index (χ0) is 15.1. The van der Waals surface area contributed by atoms with Gasteiger partial charge in [0.25, 0.3) is 0 Å². The predicted molar refractivity (Wildman–Crippen MR) is 82.8 cm³/mol. The number of hydrogen-bond acceptors (Lipinski definition) is 3. The topological polar surface area (TPSA) is 40.5 Å². The number of nitrogens with zero attached hydrogens (tertiary/aromatic N) is 1. The summed E-state index contributed by atoms with van der Waals surface area (Å²) in [4.78, 5) is 14.8. The third kappa shape index (κ3) is 4.71. The Hall–Kier alpha value is -1.07. The van der Waals surface area contributed by atoms with E-state index in [4.69, 9.17) is 5.11 Å². The molecule has 1 amide bonds. The van der Waals surface area contributed by atoms with E-state index in [1.165, 1.54) is 24.2 Å². The first-order chi connectivity index (χ1) is 10.2. The molecule has 0 heterocycles. The van der Waals surface area contributed by atoms with Crippen LogP contribution >= 0.6 is 11.8 Å². The van der Waals surface area contributed by atoms with Crippen LogP contribution in [0.3, 0.4) is 0 Å². The quantitative estimate of drug-likeness (QED) is 0.750. The number of amides is 1. The van der Waals surface area contributed by atoms with Gasteiger partial charge < -0.3 is 10.0 Å². The predicted octanol–water partition coefficient (Wildman–Crippen LogP) is 3.07. The van der Waals surface area contributed by atoms with Crippen molar-refractivity contribution in [2.24, 2.45) is 0 Å². The lowest BCUT2D eigenvalue weighted by Crippen LogP contribution is -2.45. The Labute approximate surface area is 129 Å². The summed E-state index contributed by atoms with van der Waals surface area (Å²) in [6, 6.07) is 6.99. The van der Waals surface area contributed by atoms with Gasteiger partial charge in [-0.15, -0.1) is 11.8 Å². The maximum absolute atomic E-state index is 13.5. The van der Waals surface area contributed by atoms with Crippen molar-refractivity contribution < 1.29 is 14.3 Å². The molecular formula is C16H22FNO2S. The van der Waals surface area contributed by atoms with Gasteiger partial charge in [-0.3, -0.25) is 4.79 Å². The smallest absolute Gasteiger partial charge is 0.223 e. The summed E-state index contributed by atoms with van der Waals surface area (Å²) < 4.78 is 13.5. The Morgan fingerprint density at radius 2 is 2.14 bits per heavy atom. The monoisotopic (exact) mass is 311 g/mol. The first kappa shape index (κ1) is 16.3. The third-order valence-corrected chi connectivity index (χ3v) is 4.85. The molecule has 3 nitrogen and oxygen atoms in total. The molecule has 1 aliphatic carbocycles. The second-order valence-corrected chi connectivity index (χ2v) is 6.41. The highest BCUT2D eigenvalue weighted by Gasteiger charge is 2.27. The number of benzene rings is 1. The summed E-state index contributed by atoms with van der Waals surface area (Å²) in [6.07, 6.45) is 4.36. The zero-order valence-corrected chi connectivity index (χ0v) is 12.9. The van der Waals surface area contributed by atoms with E-state index < -0.39 is 0 Å². The van der Waals surface area contributed by atoms with Crippen LogP contribution in [0, 0.1) is 5.82 Å². The van der Waals surface area contributed by atoms with Crippen LogP contribution < -0.4 is 0 Å². The summed E-state index contributed by atoms with van der Waals surface area (Å²) in [5, 5.41) is 8.94. The molecule has 0 aliphatic heterocycles. The Morgan fingerprint density at radius 3 is 2.76 bits per heavy atom. The maximum Gasteiger partial charge on any atom is 0.223 e. The second kappa shape index (κ2) is 8.39. The number of carbonyl (C=O) groups is 1. The fourth-order valence-electron chi connectivity index (χ4n) is 2.40. The van der Waals surface area contributed by atoms with Gasteiger partial charge in [0, 0.05) is 36.3 Å². The number of rotatable bonds is 8. The van der Waals surface area contributed by atoms with Crippen LogP contribution in [0.25, 0.3) is 0 Å². The number of halogens is 1. The molecular weight excluding hydrogens is 289 g/mol. The number of hydrogen-bond donors (Lipinski definition) is 1. The van der Waals surface area contributed by atoms with E-state index in [9.17, 15) is 9.18 Å². The first-order valence-electron chi connectivity index (χ1n) is 7.50. The Bertz CT molecular complexity index is 465. The minimum Gasteiger partial charge on any atom is -0.396 e. The van der Waals surface area contributed by atoms with Crippen LogP contribution in [0.15, 0.2) is 29.2 Å². The van der Waals surface area contributed by atoms with E-state index in [0.717, 1.165) is 12.8 Å². The van der Waals surface area contributed by atoms with Gasteiger partial charge in [0.2, 0.25) is 5.91 Å². The standard InChI is InChI=1S/C16H22FNO2S/c17-14-7-1-2-8-15(14)21-12-9-16(20)18(10-4-11-19)13-5-3-6-13/h1-2,7-8,13,19H,3-6,9-12H2. The molecule has 2 rings (SSSR count). The first-order valence-corrected chi connectivity index (χ1v) is 8.48.